The highest BCUT2D eigenvalue weighted by molar-refractivity contribution is 9.10. The lowest BCUT2D eigenvalue weighted by Gasteiger charge is -2.29. The van der Waals surface area contributed by atoms with Crippen LogP contribution in [0.4, 0.5) is 4.79 Å². The number of aliphatic imine (C=N–C) groups is 1. The molecule has 0 unspecified atom stereocenters. The zero-order chi connectivity index (χ0) is 33.9. The topological polar surface area (TPSA) is 154 Å². The Labute approximate surface area is 268 Å². The third-order valence-electron chi connectivity index (χ3n) is 5.48. The van der Waals surface area contributed by atoms with Crippen LogP contribution in [-0.4, -0.2) is 81.9 Å². The molecule has 0 aliphatic carbocycles. The van der Waals surface area contributed by atoms with Gasteiger partial charge in [-0.25, -0.2) is 19.4 Å². The number of ether oxygens (including phenoxy) is 3. The smallest absolute Gasteiger partial charge is 0.353 e. The maximum Gasteiger partial charge on any atom is 0.353 e. The molecule has 1 rings (SSSR count). The number of aromatic nitrogens is 1. The van der Waals surface area contributed by atoms with E-state index in [0.717, 1.165) is 4.90 Å². The number of nitrogens with one attached hydrogen (secondary N) is 1. The molecular formula is C31H47BrN4O8. The first-order chi connectivity index (χ1) is 20.1. The highest BCUT2D eigenvalue weighted by atomic mass is 79.9. The summed E-state index contributed by atoms with van der Waals surface area (Å²) in [6.45, 7) is 15.6. The van der Waals surface area contributed by atoms with E-state index in [0.29, 0.717) is 29.6 Å². The van der Waals surface area contributed by atoms with Crippen molar-refractivity contribution in [3.63, 3.8) is 0 Å². The Morgan fingerprint density at radius 1 is 0.886 bits per heavy atom. The SMILES string of the molecule is CN(C(=O)/N=C(\CCC(=O)OC(C)(C)C)C(=O)OC(C)(C)C)[C@@H](CCCCNC(=O)c1ccc(Br)nc1)C(=O)OC(C)(C)C. The lowest BCUT2D eigenvalue weighted by Crippen LogP contribution is -2.45. The molecule has 1 heterocycles. The van der Waals surface area contributed by atoms with Gasteiger partial charge in [-0.2, -0.15) is 4.99 Å². The molecule has 0 radical (unpaired) electrons. The van der Waals surface area contributed by atoms with Gasteiger partial charge in [0.2, 0.25) is 0 Å². The van der Waals surface area contributed by atoms with Gasteiger partial charge >= 0.3 is 23.9 Å². The molecule has 0 bridgehead atoms. The number of rotatable bonds is 12. The van der Waals surface area contributed by atoms with Crippen molar-refractivity contribution in [1.29, 1.82) is 0 Å². The van der Waals surface area contributed by atoms with Gasteiger partial charge in [0.15, 0.2) is 0 Å². The van der Waals surface area contributed by atoms with Gasteiger partial charge in [0.25, 0.3) is 5.91 Å². The zero-order valence-corrected chi connectivity index (χ0v) is 29.1. The highest BCUT2D eigenvalue weighted by Crippen LogP contribution is 2.18. The van der Waals surface area contributed by atoms with Crippen molar-refractivity contribution in [1.82, 2.24) is 15.2 Å². The van der Waals surface area contributed by atoms with Crippen molar-refractivity contribution in [2.24, 2.45) is 4.99 Å². The van der Waals surface area contributed by atoms with Gasteiger partial charge < -0.3 is 24.4 Å². The standard InChI is InChI=1S/C31H47BrN4O8/c1-29(2,3)42-24(37)17-15-21(26(39)43-30(4,5)6)35-28(41)36(10)22(27(40)44-31(7,8)9)13-11-12-18-33-25(38)20-14-16-23(32)34-19-20/h14,16,19,22H,11-13,15,17-18H2,1-10H3,(H,33,38)/b35-21+/t22-/m0/s1. The Kier molecular flexibility index (Phi) is 14.6. The Morgan fingerprint density at radius 2 is 1.48 bits per heavy atom. The van der Waals surface area contributed by atoms with E-state index >= 15 is 0 Å². The minimum atomic E-state index is -1.03. The summed E-state index contributed by atoms with van der Waals surface area (Å²) in [6.07, 6.45) is 2.24. The molecule has 0 aliphatic heterocycles. The van der Waals surface area contributed by atoms with E-state index in [1.54, 1.807) is 74.4 Å². The van der Waals surface area contributed by atoms with E-state index < -0.39 is 46.8 Å². The lowest BCUT2D eigenvalue weighted by atomic mass is 10.1. The second-order valence-corrected chi connectivity index (χ2v) is 14.0. The molecule has 44 heavy (non-hydrogen) atoms. The lowest BCUT2D eigenvalue weighted by molar-refractivity contribution is -0.160. The maximum absolute atomic E-state index is 13.3. The largest absolute Gasteiger partial charge is 0.460 e. The summed E-state index contributed by atoms with van der Waals surface area (Å²) in [5, 5.41) is 2.80. The van der Waals surface area contributed by atoms with Crippen molar-refractivity contribution in [3.05, 3.63) is 28.5 Å². The molecule has 1 aromatic heterocycles. The summed E-state index contributed by atoms with van der Waals surface area (Å²) in [6, 6.07) is 1.41. The predicted octanol–water partition coefficient (Wildman–Crippen LogP) is 5.41. The van der Waals surface area contributed by atoms with Crippen LogP contribution in [0.2, 0.25) is 0 Å². The van der Waals surface area contributed by atoms with Crippen LogP contribution in [-0.2, 0) is 28.6 Å². The third-order valence-corrected chi connectivity index (χ3v) is 5.95. The number of hydrogen-bond donors (Lipinski definition) is 1. The molecule has 1 aromatic rings. The van der Waals surface area contributed by atoms with Crippen molar-refractivity contribution in [2.45, 2.75) is 117 Å². The van der Waals surface area contributed by atoms with Crippen LogP contribution < -0.4 is 5.32 Å². The summed E-state index contributed by atoms with van der Waals surface area (Å²) in [5.74, 6) is -2.34. The molecular weight excluding hydrogens is 636 g/mol. The number of pyridine rings is 1. The molecule has 12 nitrogen and oxygen atoms in total. The first kappa shape index (κ1) is 38.7. The molecule has 0 saturated heterocycles. The summed E-state index contributed by atoms with van der Waals surface area (Å²) in [7, 11) is 1.39. The Morgan fingerprint density at radius 3 is 2.00 bits per heavy atom. The average molecular weight is 684 g/mol. The van der Waals surface area contributed by atoms with E-state index in [4.69, 9.17) is 14.2 Å². The van der Waals surface area contributed by atoms with Crippen LogP contribution in [0.15, 0.2) is 27.9 Å². The van der Waals surface area contributed by atoms with Crippen LogP contribution in [0, 0.1) is 0 Å². The van der Waals surface area contributed by atoms with Crippen LogP contribution in [0.1, 0.15) is 105 Å². The number of carbonyl (C=O) groups is 5. The fourth-order valence-corrected chi connectivity index (χ4v) is 3.83. The van der Waals surface area contributed by atoms with Gasteiger partial charge in [-0.3, -0.25) is 9.59 Å². The van der Waals surface area contributed by atoms with Gasteiger partial charge in [-0.1, -0.05) is 0 Å². The van der Waals surface area contributed by atoms with Gasteiger partial charge in [-0.15, -0.1) is 0 Å². The third kappa shape index (κ3) is 15.9. The summed E-state index contributed by atoms with van der Waals surface area (Å²) in [4.78, 5) is 73.2. The Hall–Kier alpha value is -3.35. The number of nitrogens with zero attached hydrogens (tertiary/aromatic N) is 3. The zero-order valence-electron chi connectivity index (χ0n) is 27.5. The van der Waals surface area contributed by atoms with E-state index in [1.165, 1.54) is 13.2 Å². The van der Waals surface area contributed by atoms with Crippen LogP contribution in [0.25, 0.3) is 0 Å². The molecule has 0 aliphatic rings. The Bertz CT molecular complexity index is 1200. The number of hydrogen-bond acceptors (Lipinski definition) is 9. The Balaban J connectivity index is 3.05. The monoisotopic (exact) mass is 682 g/mol. The molecule has 0 aromatic carbocycles. The summed E-state index contributed by atoms with van der Waals surface area (Å²) < 4.78 is 16.9. The molecule has 1 atom stereocenters. The molecule has 3 amide bonds. The van der Waals surface area contributed by atoms with Crippen LogP contribution in [0.3, 0.4) is 0 Å². The highest BCUT2D eigenvalue weighted by Gasteiger charge is 2.32. The second-order valence-electron chi connectivity index (χ2n) is 13.2. The molecule has 246 valence electrons. The van der Waals surface area contributed by atoms with Crippen molar-refractivity contribution < 1.29 is 38.2 Å². The van der Waals surface area contributed by atoms with Gasteiger partial charge in [-0.05, 0) is 110 Å². The van der Waals surface area contributed by atoms with Crippen LogP contribution in [0.5, 0.6) is 0 Å². The molecule has 0 saturated carbocycles. The van der Waals surface area contributed by atoms with Gasteiger partial charge in [0, 0.05) is 26.2 Å². The fourth-order valence-electron chi connectivity index (χ4n) is 3.60. The first-order valence-corrected chi connectivity index (χ1v) is 15.3. The number of halogens is 1. The van der Waals surface area contributed by atoms with Crippen molar-refractivity contribution >= 4 is 51.5 Å². The minimum absolute atomic E-state index is 0.200. The van der Waals surface area contributed by atoms with Crippen molar-refractivity contribution in [3.8, 4) is 0 Å². The normalized spacial score (nSPS) is 13.0. The van der Waals surface area contributed by atoms with E-state index in [-0.39, 0.29) is 30.9 Å². The minimum Gasteiger partial charge on any atom is -0.460 e. The fraction of sp³-hybridized carbons (Fsp3) is 0.645. The van der Waals surface area contributed by atoms with E-state index in [9.17, 15) is 24.0 Å². The summed E-state index contributed by atoms with van der Waals surface area (Å²) in [5.41, 5.74) is -2.27. The maximum atomic E-state index is 13.3. The second kappa shape index (κ2) is 16.6. The number of unbranched alkanes of at least 4 members (excludes halogenated alkanes) is 1. The van der Waals surface area contributed by atoms with E-state index in [1.807, 2.05) is 0 Å². The summed E-state index contributed by atoms with van der Waals surface area (Å²) >= 11 is 3.23. The van der Waals surface area contributed by atoms with Crippen LogP contribution >= 0.6 is 15.9 Å². The molecule has 0 fully saturated rings. The number of amides is 3. The molecule has 13 heteroatoms. The number of urea groups is 1. The number of likely N-dealkylation sites (N-methyl/N-ethyl adjacent to an activating group) is 1. The quantitative estimate of drug-likeness (QED) is 0.100. The molecule has 1 N–H and O–H groups in total. The number of carbonyl (C=O) groups excluding carboxylic acids is 5. The van der Waals surface area contributed by atoms with Crippen molar-refractivity contribution in [2.75, 3.05) is 13.6 Å². The van der Waals surface area contributed by atoms with E-state index in [2.05, 4.69) is 31.2 Å². The first-order valence-electron chi connectivity index (χ1n) is 14.5. The predicted molar refractivity (Wildman–Crippen MR) is 169 cm³/mol. The number of esters is 3. The van der Waals surface area contributed by atoms with Gasteiger partial charge in [0.05, 0.1) is 12.0 Å². The van der Waals surface area contributed by atoms with Gasteiger partial charge in [0.1, 0.15) is 33.2 Å². The molecule has 0 spiro atoms. The average Bonchev–Trinajstić information content (AvgIpc) is 2.85.